The number of carbonyl (C=O) groups excluding carboxylic acids is 2. The number of imide groups is 1. The van der Waals surface area contributed by atoms with Crippen LogP contribution in [0.3, 0.4) is 0 Å². The fourth-order valence-electron chi connectivity index (χ4n) is 5.33. The average Bonchev–Trinajstić information content (AvgIpc) is 3.13. The number of piperidine rings is 1. The van der Waals surface area contributed by atoms with Crippen molar-refractivity contribution >= 4 is 11.9 Å². The molecule has 0 saturated carbocycles. The molecular formula is C28H37N3O7. The molecule has 10 nitrogen and oxygen atoms in total. The fourth-order valence-corrected chi connectivity index (χ4v) is 5.33. The lowest BCUT2D eigenvalue weighted by molar-refractivity contribution is -0.136. The van der Waals surface area contributed by atoms with Crippen molar-refractivity contribution < 1.29 is 33.3 Å². The minimum Gasteiger partial charge on any atom is -0.497 e. The molecule has 0 radical (unpaired) electrons. The molecule has 10 heteroatoms. The molecule has 206 valence electrons. The highest BCUT2D eigenvalue weighted by Gasteiger charge is 2.57. The lowest BCUT2D eigenvalue weighted by Crippen LogP contribution is -2.57. The molecule has 1 spiro atoms. The molecule has 0 N–H and O–H groups in total. The van der Waals surface area contributed by atoms with Crippen molar-refractivity contribution in [2.75, 3.05) is 61.8 Å². The highest BCUT2D eigenvalue weighted by Crippen LogP contribution is 2.39. The number of carbonyl (C=O) groups is 2. The van der Waals surface area contributed by atoms with E-state index in [9.17, 15) is 9.59 Å². The Kier molecular flexibility index (Phi) is 8.63. The quantitative estimate of drug-likeness (QED) is 0.412. The Hall–Kier alpha value is -3.50. The molecule has 3 amide bonds. The van der Waals surface area contributed by atoms with Gasteiger partial charge < -0.3 is 28.6 Å². The summed E-state index contributed by atoms with van der Waals surface area (Å²) < 4.78 is 26.9. The zero-order valence-corrected chi connectivity index (χ0v) is 22.8. The monoisotopic (exact) mass is 527 g/mol. The molecule has 2 saturated heterocycles. The third-order valence-electron chi connectivity index (χ3n) is 7.39. The number of hydrogen-bond acceptors (Lipinski definition) is 8. The number of ether oxygens (including phenoxy) is 5. The maximum absolute atomic E-state index is 13.9. The first kappa shape index (κ1) is 27.5. The highest BCUT2D eigenvalue weighted by atomic mass is 16.5. The maximum Gasteiger partial charge on any atom is 0.328 e. The number of urea groups is 1. The number of methoxy groups -OCH3 is 5. The predicted molar refractivity (Wildman–Crippen MR) is 141 cm³/mol. The number of nitrogens with zero attached hydrogens (tertiary/aromatic N) is 3. The van der Waals surface area contributed by atoms with Crippen LogP contribution in [-0.2, 0) is 22.6 Å². The van der Waals surface area contributed by atoms with Crippen molar-refractivity contribution in [1.29, 1.82) is 0 Å². The molecule has 0 atom stereocenters. The molecule has 0 bridgehead atoms. The van der Waals surface area contributed by atoms with Gasteiger partial charge in [-0.3, -0.25) is 14.6 Å². The molecule has 38 heavy (non-hydrogen) atoms. The minimum absolute atomic E-state index is 0.143. The molecule has 0 aliphatic carbocycles. The first-order valence-electron chi connectivity index (χ1n) is 12.7. The lowest BCUT2D eigenvalue weighted by atomic mass is 9.85. The molecule has 2 aliphatic rings. The highest BCUT2D eigenvalue weighted by molar-refractivity contribution is 6.07. The SMILES string of the molecule is COCCN1C(=O)N(Cc2cc(OC)cc(OC)c2)C(=O)C12CCN(Cc1cc(OC)cc(OC)c1)CC2. The summed E-state index contributed by atoms with van der Waals surface area (Å²) in [6.45, 7) is 2.88. The minimum atomic E-state index is -0.888. The predicted octanol–water partition coefficient (Wildman–Crippen LogP) is 3.17. The molecule has 2 fully saturated rings. The van der Waals surface area contributed by atoms with Gasteiger partial charge in [0.15, 0.2) is 0 Å². The number of rotatable bonds is 11. The summed E-state index contributed by atoms with van der Waals surface area (Å²) in [6, 6.07) is 10.9. The second kappa shape index (κ2) is 11.9. The van der Waals surface area contributed by atoms with E-state index in [1.165, 1.54) is 4.90 Å². The van der Waals surface area contributed by atoms with E-state index in [-0.39, 0.29) is 18.5 Å². The third-order valence-corrected chi connectivity index (χ3v) is 7.39. The summed E-state index contributed by atoms with van der Waals surface area (Å²) in [5, 5.41) is 0. The van der Waals surface area contributed by atoms with Gasteiger partial charge in [-0.2, -0.15) is 0 Å². The Bertz CT molecular complexity index is 1100. The summed E-state index contributed by atoms with van der Waals surface area (Å²) in [4.78, 5) is 32.9. The average molecular weight is 528 g/mol. The second-order valence-corrected chi connectivity index (χ2v) is 9.57. The number of benzene rings is 2. The van der Waals surface area contributed by atoms with Crippen molar-refractivity contribution in [2.45, 2.75) is 31.5 Å². The number of likely N-dealkylation sites (tertiary alicyclic amines) is 1. The summed E-state index contributed by atoms with van der Waals surface area (Å²) in [6.07, 6.45) is 1.08. The Morgan fingerprint density at radius 1 is 0.711 bits per heavy atom. The van der Waals surface area contributed by atoms with E-state index in [0.717, 1.165) is 22.6 Å². The molecule has 0 unspecified atom stereocenters. The summed E-state index contributed by atoms with van der Waals surface area (Å²) in [5.41, 5.74) is 0.938. The van der Waals surface area contributed by atoms with Crippen LogP contribution in [0.2, 0.25) is 0 Å². The van der Waals surface area contributed by atoms with Gasteiger partial charge in [-0.15, -0.1) is 0 Å². The lowest BCUT2D eigenvalue weighted by Gasteiger charge is -2.42. The van der Waals surface area contributed by atoms with Gasteiger partial charge >= 0.3 is 6.03 Å². The molecular weight excluding hydrogens is 490 g/mol. The Morgan fingerprint density at radius 3 is 1.63 bits per heavy atom. The van der Waals surface area contributed by atoms with E-state index in [4.69, 9.17) is 23.7 Å². The third kappa shape index (κ3) is 5.51. The molecule has 4 rings (SSSR count). The van der Waals surface area contributed by atoms with Gasteiger partial charge in [-0.25, -0.2) is 4.79 Å². The van der Waals surface area contributed by atoms with E-state index in [1.54, 1.807) is 46.5 Å². The first-order valence-corrected chi connectivity index (χ1v) is 12.7. The van der Waals surface area contributed by atoms with Gasteiger partial charge in [0.2, 0.25) is 0 Å². The van der Waals surface area contributed by atoms with Gasteiger partial charge in [0, 0.05) is 45.4 Å². The Morgan fingerprint density at radius 2 is 1.18 bits per heavy atom. The molecule has 2 aromatic rings. The van der Waals surface area contributed by atoms with Crippen LogP contribution in [0.5, 0.6) is 23.0 Å². The van der Waals surface area contributed by atoms with Crippen LogP contribution in [0.25, 0.3) is 0 Å². The summed E-state index contributed by atoms with van der Waals surface area (Å²) in [7, 11) is 8.01. The van der Waals surface area contributed by atoms with Gasteiger partial charge in [0.05, 0.1) is 41.6 Å². The normalized spacial score (nSPS) is 17.3. The smallest absolute Gasteiger partial charge is 0.328 e. The van der Waals surface area contributed by atoms with Gasteiger partial charge in [0.1, 0.15) is 28.5 Å². The first-order chi connectivity index (χ1) is 18.4. The molecule has 2 aromatic carbocycles. The largest absolute Gasteiger partial charge is 0.497 e. The van der Waals surface area contributed by atoms with E-state index in [2.05, 4.69) is 4.90 Å². The van der Waals surface area contributed by atoms with Crippen LogP contribution in [0.4, 0.5) is 4.79 Å². The van der Waals surface area contributed by atoms with Crippen molar-refractivity contribution in [2.24, 2.45) is 0 Å². The maximum atomic E-state index is 13.9. The topological polar surface area (TPSA) is 90.0 Å². The molecule has 2 heterocycles. The summed E-state index contributed by atoms with van der Waals surface area (Å²) in [5.74, 6) is 2.52. The van der Waals surface area contributed by atoms with Crippen LogP contribution < -0.4 is 18.9 Å². The zero-order valence-electron chi connectivity index (χ0n) is 22.8. The summed E-state index contributed by atoms with van der Waals surface area (Å²) >= 11 is 0. The standard InChI is InChI=1S/C28H37N3O7/c1-34-11-10-31-27(33)30(19-21-14-24(37-4)17-25(15-21)38-5)26(32)28(31)6-8-29(9-7-28)18-20-12-22(35-2)16-23(13-20)36-3/h12-17H,6-11,18-19H2,1-5H3. The van der Waals surface area contributed by atoms with Crippen LogP contribution in [-0.4, -0.2) is 94.0 Å². The van der Waals surface area contributed by atoms with Gasteiger partial charge in [0.25, 0.3) is 5.91 Å². The Labute approximate surface area is 223 Å². The van der Waals surface area contributed by atoms with E-state index in [0.29, 0.717) is 57.1 Å². The van der Waals surface area contributed by atoms with Crippen molar-refractivity contribution in [3.05, 3.63) is 47.5 Å². The Balaban J connectivity index is 1.53. The molecule has 2 aliphatic heterocycles. The van der Waals surface area contributed by atoms with E-state index >= 15 is 0 Å². The van der Waals surface area contributed by atoms with Crippen LogP contribution >= 0.6 is 0 Å². The van der Waals surface area contributed by atoms with Gasteiger partial charge in [-0.1, -0.05) is 0 Å². The zero-order chi connectivity index (χ0) is 27.3. The van der Waals surface area contributed by atoms with E-state index in [1.807, 2.05) is 30.3 Å². The van der Waals surface area contributed by atoms with Crippen LogP contribution in [0.15, 0.2) is 36.4 Å². The van der Waals surface area contributed by atoms with Crippen LogP contribution in [0.1, 0.15) is 24.0 Å². The van der Waals surface area contributed by atoms with Crippen molar-refractivity contribution in [1.82, 2.24) is 14.7 Å². The fraction of sp³-hybridized carbons (Fsp3) is 0.500. The number of hydrogen-bond donors (Lipinski definition) is 0. The van der Waals surface area contributed by atoms with E-state index < -0.39 is 5.54 Å². The van der Waals surface area contributed by atoms with Crippen molar-refractivity contribution in [3.63, 3.8) is 0 Å². The van der Waals surface area contributed by atoms with Crippen molar-refractivity contribution in [3.8, 4) is 23.0 Å². The second-order valence-electron chi connectivity index (χ2n) is 9.57. The van der Waals surface area contributed by atoms with Crippen LogP contribution in [0, 0.1) is 0 Å². The number of amides is 3. The molecule has 0 aromatic heterocycles. The van der Waals surface area contributed by atoms with Gasteiger partial charge in [-0.05, 0) is 48.2 Å².